The number of benzene rings is 1. The van der Waals surface area contributed by atoms with E-state index in [2.05, 4.69) is 30.4 Å². The Labute approximate surface area is 113 Å². The predicted octanol–water partition coefficient (Wildman–Crippen LogP) is 4.21. The van der Waals surface area contributed by atoms with Crippen LogP contribution in [0.15, 0.2) is 77.4 Å². The van der Waals surface area contributed by atoms with Crippen LogP contribution < -0.4 is 4.74 Å². The van der Waals surface area contributed by atoms with Gasteiger partial charge < -0.3 is 4.74 Å². The smallest absolute Gasteiger partial charge is 0.119 e. The monoisotopic (exact) mass is 248 g/mol. The fourth-order valence-corrected chi connectivity index (χ4v) is 2.75. The molecular weight excluding hydrogens is 232 g/mol. The summed E-state index contributed by atoms with van der Waals surface area (Å²) in [6.45, 7) is 0.643. The van der Waals surface area contributed by atoms with Gasteiger partial charge in [0.05, 0.1) is 0 Å². The summed E-state index contributed by atoms with van der Waals surface area (Å²) in [5.41, 5.74) is 4.40. The van der Waals surface area contributed by atoms with E-state index in [1.165, 1.54) is 29.6 Å². The summed E-state index contributed by atoms with van der Waals surface area (Å²) in [5.74, 6) is 0.930. The molecule has 0 aromatic heterocycles. The third kappa shape index (κ3) is 1.95. The Morgan fingerprint density at radius 3 is 2.63 bits per heavy atom. The maximum Gasteiger partial charge on any atom is 0.119 e. The number of fused-ring (bicyclic) bond motifs is 1. The minimum atomic E-state index is 0.402. The van der Waals surface area contributed by atoms with E-state index in [4.69, 9.17) is 4.74 Å². The zero-order chi connectivity index (χ0) is 12.7. The predicted molar refractivity (Wildman–Crippen MR) is 77.0 cm³/mol. The maximum atomic E-state index is 5.84. The van der Waals surface area contributed by atoms with E-state index in [1.807, 2.05) is 30.3 Å². The van der Waals surface area contributed by atoms with Crippen molar-refractivity contribution in [3.63, 3.8) is 0 Å². The first-order valence-electron chi connectivity index (χ1n) is 6.86. The van der Waals surface area contributed by atoms with Crippen molar-refractivity contribution < 1.29 is 4.74 Å². The Morgan fingerprint density at radius 2 is 1.84 bits per heavy atom. The molecule has 94 valence electrons. The molecule has 3 aliphatic carbocycles. The summed E-state index contributed by atoms with van der Waals surface area (Å²) >= 11 is 0. The van der Waals surface area contributed by atoms with E-state index in [9.17, 15) is 0 Å². The Hall–Kier alpha value is -2.02. The summed E-state index contributed by atoms with van der Waals surface area (Å²) in [7, 11) is 0. The van der Waals surface area contributed by atoms with Crippen LogP contribution in [0, 0.1) is 5.41 Å². The Morgan fingerprint density at radius 1 is 1.00 bits per heavy atom. The van der Waals surface area contributed by atoms with Crippen LogP contribution >= 0.6 is 0 Å². The molecule has 0 saturated heterocycles. The Balaban J connectivity index is 1.54. The summed E-state index contributed by atoms with van der Waals surface area (Å²) in [6.07, 6.45) is 14.1. The first-order valence-corrected chi connectivity index (χ1v) is 6.86. The van der Waals surface area contributed by atoms with Gasteiger partial charge in [0.15, 0.2) is 0 Å². The van der Waals surface area contributed by atoms with Crippen molar-refractivity contribution in [1.82, 2.24) is 0 Å². The molecule has 1 aromatic rings. The van der Waals surface area contributed by atoms with Gasteiger partial charge >= 0.3 is 0 Å². The van der Waals surface area contributed by atoms with Crippen molar-refractivity contribution in [2.75, 3.05) is 6.61 Å². The summed E-state index contributed by atoms with van der Waals surface area (Å²) in [4.78, 5) is 0. The normalized spacial score (nSPS) is 21.6. The van der Waals surface area contributed by atoms with Crippen LogP contribution in [0.2, 0.25) is 0 Å². The molecule has 1 aromatic carbocycles. The Bertz CT molecular complexity index is 625. The number of ether oxygens (including phenoxy) is 1. The molecule has 0 radical (unpaired) electrons. The van der Waals surface area contributed by atoms with Gasteiger partial charge in [-0.1, -0.05) is 48.6 Å². The Kier molecular flexibility index (Phi) is 2.28. The van der Waals surface area contributed by atoms with E-state index in [1.54, 1.807) is 0 Å². The number of hydrogen-bond acceptors (Lipinski definition) is 1. The van der Waals surface area contributed by atoms with Crippen molar-refractivity contribution >= 4 is 0 Å². The van der Waals surface area contributed by atoms with E-state index in [0.717, 1.165) is 5.75 Å². The van der Waals surface area contributed by atoms with Crippen LogP contribution in [-0.2, 0) is 0 Å². The van der Waals surface area contributed by atoms with Crippen molar-refractivity contribution in [3.8, 4) is 5.75 Å². The van der Waals surface area contributed by atoms with E-state index >= 15 is 0 Å². The van der Waals surface area contributed by atoms with Crippen molar-refractivity contribution in [3.05, 3.63) is 77.4 Å². The molecule has 4 rings (SSSR count). The first-order chi connectivity index (χ1) is 9.35. The lowest BCUT2D eigenvalue weighted by Crippen LogP contribution is -2.03. The fourth-order valence-electron chi connectivity index (χ4n) is 2.75. The molecular formula is C18H16O. The molecule has 1 fully saturated rings. The number of para-hydroxylation sites is 1. The molecule has 19 heavy (non-hydrogen) atoms. The highest BCUT2D eigenvalue weighted by atomic mass is 16.5. The van der Waals surface area contributed by atoms with Crippen LogP contribution in [0.25, 0.3) is 0 Å². The second kappa shape index (κ2) is 3.99. The molecule has 0 amide bonds. The van der Waals surface area contributed by atoms with Crippen LogP contribution in [-0.4, -0.2) is 6.61 Å². The van der Waals surface area contributed by atoms with Gasteiger partial charge in [-0.05, 0) is 41.7 Å². The highest BCUT2D eigenvalue weighted by Crippen LogP contribution is 2.53. The van der Waals surface area contributed by atoms with Crippen LogP contribution in [0.1, 0.15) is 12.8 Å². The standard InChI is InChI=1S/C18H16O/c1-2-4-16(5-3-1)19-13-15-7-6-14-12-18(10-11-18)9-8-17(14)15/h1-9,12H,10-11,13H2. The minimum absolute atomic E-state index is 0.402. The lowest BCUT2D eigenvalue weighted by molar-refractivity contribution is 0.355. The molecule has 3 aliphatic rings. The van der Waals surface area contributed by atoms with Gasteiger partial charge in [0.2, 0.25) is 0 Å². The molecule has 0 bridgehead atoms. The topological polar surface area (TPSA) is 9.23 Å². The number of allylic oxidation sites excluding steroid dienone is 6. The molecule has 0 N–H and O–H groups in total. The number of rotatable bonds is 3. The molecule has 1 spiro atoms. The summed E-state index contributed by atoms with van der Waals surface area (Å²) < 4.78 is 5.84. The highest BCUT2D eigenvalue weighted by Gasteiger charge is 2.40. The summed E-state index contributed by atoms with van der Waals surface area (Å²) in [6, 6.07) is 10.00. The van der Waals surface area contributed by atoms with Gasteiger partial charge in [-0.15, -0.1) is 0 Å². The van der Waals surface area contributed by atoms with E-state index < -0.39 is 0 Å². The fraction of sp³-hybridized carbons (Fsp3) is 0.222. The van der Waals surface area contributed by atoms with Gasteiger partial charge in [0.25, 0.3) is 0 Å². The SMILES string of the molecule is C1=CC(COc2ccccc2)=C2C=CC3(C=C12)CC3. The molecule has 0 unspecified atom stereocenters. The lowest BCUT2D eigenvalue weighted by Gasteiger charge is -2.14. The van der Waals surface area contributed by atoms with Gasteiger partial charge in [0, 0.05) is 5.41 Å². The van der Waals surface area contributed by atoms with E-state index in [-0.39, 0.29) is 0 Å². The van der Waals surface area contributed by atoms with Gasteiger partial charge in [-0.3, -0.25) is 0 Å². The first kappa shape index (κ1) is 10.9. The maximum absolute atomic E-state index is 5.84. The zero-order valence-corrected chi connectivity index (χ0v) is 10.8. The van der Waals surface area contributed by atoms with Crippen molar-refractivity contribution in [2.24, 2.45) is 5.41 Å². The van der Waals surface area contributed by atoms with Crippen LogP contribution in [0.5, 0.6) is 5.75 Å². The van der Waals surface area contributed by atoms with Crippen LogP contribution in [0.4, 0.5) is 0 Å². The van der Waals surface area contributed by atoms with E-state index in [0.29, 0.717) is 12.0 Å². The van der Waals surface area contributed by atoms with Crippen molar-refractivity contribution in [1.29, 1.82) is 0 Å². The largest absolute Gasteiger partial charge is 0.489 e. The molecule has 0 aliphatic heterocycles. The molecule has 0 heterocycles. The number of hydrogen-bond donors (Lipinski definition) is 0. The molecule has 1 saturated carbocycles. The average Bonchev–Trinajstić information content (AvgIpc) is 3.08. The third-order valence-corrected chi connectivity index (χ3v) is 4.11. The lowest BCUT2D eigenvalue weighted by atomic mass is 9.91. The highest BCUT2D eigenvalue weighted by molar-refractivity contribution is 5.62. The van der Waals surface area contributed by atoms with Crippen molar-refractivity contribution in [2.45, 2.75) is 12.8 Å². The summed E-state index contributed by atoms with van der Waals surface area (Å²) in [5, 5.41) is 0. The molecule has 1 heteroatoms. The van der Waals surface area contributed by atoms with Crippen LogP contribution in [0.3, 0.4) is 0 Å². The minimum Gasteiger partial charge on any atom is -0.489 e. The van der Waals surface area contributed by atoms with Gasteiger partial charge in [-0.25, -0.2) is 0 Å². The third-order valence-electron chi connectivity index (χ3n) is 4.11. The second-order valence-corrected chi connectivity index (χ2v) is 5.54. The average molecular weight is 248 g/mol. The molecule has 1 nitrogen and oxygen atoms in total. The zero-order valence-electron chi connectivity index (χ0n) is 10.8. The van der Waals surface area contributed by atoms with Gasteiger partial charge in [0.1, 0.15) is 12.4 Å². The second-order valence-electron chi connectivity index (χ2n) is 5.54. The van der Waals surface area contributed by atoms with Gasteiger partial charge in [-0.2, -0.15) is 0 Å². The quantitative estimate of drug-likeness (QED) is 0.778. The molecule has 0 atom stereocenters.